The van der Waals surface area contributed by atoms with E-state index in [0.29, 0.717) is 29.4 Å². The van der Waals surface area contributed by atoms with E-state index in [-0.39, 0.29) is 29.3 Å². The molecule has 2 heterocycles. The Morgan fingerprint density at radius 2 is 1.92 bits per heavy atom. The van der Waals surface area contributed by atoms with Gasteiger partial charge in [0, 0.05) is 36.4 Å². The normalized spacial score (nSPS) is 17.9. The van der Waals surface area contributed by atoms with Crippen LogP contribution in [0, 0.1) is 0 Å². The zero-order valence-corrected chi connectivity index (χ0v) is 22.5. The van der Waals surface area contributed by atoms with Crippen molar-refractivity contribution in [3.8, 4) is 11.5 Å². The molecule has 5 rings (SSSR count). The van der Waals surface area contributed by atoms with Crippen LogP contribution in [0.3, 0.4) is 0 Å². The largest absolute Gasteiger partial charge is 0.508 e. The van der Waals surface area contributed by atoms with Gasteiger partial charge in [0.1, 0.15) is 24.2 Å². The summed E-state index contributed by atoms with van der Waals surface area (Å²) in [6.07, 6.45) is 0.183. The third-order valence-corrected chi connectivity index (χ3v) is 7.70. The van der Waals surface area contributed by atoms with Gasteiger partial charge in [0.15, 0.2) is 0 Å². The van der Waals surface area contributed by atoms with Gasteiger partial charge < -0.3 is 35.0 Å². The van der Waals surface area contributed by atoms with Crippen LogP contribution in [0.4, 0.5) is 5.69 Å². The Labute approximate surface area is 232 Å². The summed E-state index contributed by atoms with van der Waals surface area (Å²) >= 11 is 6.15. The highest BCUT2D eigenvalue weighted by molar-refractivity contribution is 6.30. The summed E-state index contributed by atoms with van der Waals surface area (Å²) < 4.78 is 12.0. The number of phenols is 1. The summed E-state index contributed by atoms with van der Waals surface area (Å²) in [5.41, 5.74) is 3.48. The van der Waals surface area contributed by atoms with Crippen LogP contribution >= 0.6 is 11.6 Å². The minimum Gasteiger partial charge on any atom is -0.508 e. The van der Waals surface area contributed by atoms with E-state index in [2.05, 4.69) is 16.3 Å². The van der Waals surface area contributed by atoms with E-state index in [1.807, 2.05) is 12.1 Å². The smallest absolute Gasteiger partial charge is 0.259 e. The fourth-order valence-electron chi connectivity index (χ4n) is 5.36. The number of phenolic OH excluding ortho intramolecular Hbond substituents is 1. The van der Waals surface area contributed by atoms with E-state index < -0.39 is 18.1 Å². The number of amides is 1. The Morgan fingerprint density at radius 3 is 2.69 bits per heavy atom. The van der Waals surface area contributed by atoms with Crippen molar-refractivity contribution in [3.63, 3.8) is 0 Å². The van der Waals surface area contributed by atoms with Gasteiger partial charge in [0.25, 0.3) is 5.91 Å². The quantitative estimate of drug-likeness (QED) is 0.323. The Balaban J connectivity index is 1.17. The number of hydrogen-bond donors (Lipinski definition) is 4. The molecule has 2 atom stereocenters. The van der Waals surface area contributed by atoms with Crippen LogP contribution in [0.25, 0.3) is 0 Å². The minimum absolute atomic E-state index is 0.0410. The Bertz CT molecular complexity index is 1340. The fourth-order valence-corrected chi connectivity index (χ4v) is 5.55. The zero-order chi connectivity index (χ0) is 27.6. The van der Waals surface area contributed by atoms with E-state index in [1.54, 1.807) is 31.2 Å². The third kappa shape index (κ3) is 6.21. The molecule has 0 aliphatic carbocycles. The van der Waals surface area contributed by atoms with E-state index in [4.69, 9.17) is 21.1 Å². The number of fused-ring (bicyclic) bond motifs is 2. The maximum atomic E-state index is 13.0. The molecule has 2 aliphatic rings. The standard InChI is InChI=1S/C30H33ClN2O6/c1-19(34)20-3-2-4-23(14-20)32-29(37)26-7-6-24(35)15-28(26)38-18-25(36)16-33-11-9-30(10-12-33)27-8-5-22(31)13-21(27)17-39-30/h2-8,13-15,19,25,34-36H,9-12,16-18H2,1H3,(H,32,37)/t19?,25-/m1/s1. The SMILES string of the molecule is CC(O)c1cccc(NC(=O)c2ccc(O)cc2OC[C@H](O)CN2CCC3(CC2)OCc2cc(Cl)ccc23)c1. The maximum absolute atomic E-state index is 13.0. The Kier molecular flexibility index (Phi) is 8.11. The molecular weight excluding hydrogens is 520 g/mol. The number of rotatable bonds is 8. The molecule has 0 bridgehead atoms. The monoisotopic (exact) mass is 552 g/mol. The number of carbonyl (C=O) groups is 1. The number of nitrogens with zero attached hydrogens (tertiary/aromatic N) is 1. The van der Waals surface area contributed by atoms with Crippen molar-refractivity contribution in [2.24, 2.45) is 0 Å². The summed E-state index contributed by atoms with van der Waals surface area (Å²) in [6.45, 7) is 4.13. The third-order valence-electron chi connectivity index (χ3n) is 7.46. The van der Waals surface area contributed by atoms with Crippen molar-refractivity contribution in [1.29, 1.82) is 0 Å². The highest BCUT2D eigenvalue weighted by Crippen LogP contribution is 2.44. The molecule has 8 nitrogen and oxygen atoms in total. The lowest BCUT2D eigenvalue weighted by atomic mass is 9.84. The van der Waals surface area contributed by atoms with Crippen molar-refractivity contribution < 1.29 is 29.6 Å². The van der Waals surface area contributed by atoms with Gasteiger partial charge in [-0.2, -0.15) is 0 Å². The van der Waals surface area contributed by atoms with E-state index in [9.17, 15) is 20.1 Å². The average molecular weight is 553 g/mol. The molecule has 3 aromatic carbocycles. The summed E-state index contributed by atoms with van der Waals surface area (Å²) in [5, 5.41) is 34.0. The molecule has 4 N–H and O–H groups in total. The molecule has 2 aliphatic heterocycles. The van der Waals surface area contributed by atoms with E-state index >= 15 is 0 Å². The molecule has 9 heteroatoms. The summed E-state index contributed by atoms with van der Waals surface area (Å²) in [4.78, 5) is 15.2. The number of nitrogens with one attached hydrogen (secondary N) is 1. The number of carbonyl (C=O) groups excluding carboxylic acids is 1. The lowest BCUT2D eigenvalue weighted by Crippen LogP contribution is -2.46. The van der Waals surface area contributed by atoms with Crippen LogP contribution in [0.1, 0.15) is 52.9 Å². The van der Waals surface area contributed by atoms with Crippen LogP contribution in [0.5, 0.6) is 11.5 Å². The number of β-amino-alcohol motifs (C(OH)–C–C–N with tert-alkyl or cyclic N) is 1. The van der Waals surface area contributed by atoms with Gasteiger partial charge in [-0.15, -0.1) is 0 Å². The van der Waals surface area contributed by atoms with Crippen LogP contribution in [-0.2, 0) is 16.9 Å². The van der Waals surface area contributed by atoms with Crippen molar-refractivity contribution in [2.45, 2.75) is 44.2 Å². The second-order valence-electron chi connectivity index (χ2n) is 10.3. The molecule has 0 saturated carbocycles. The average Bonchev–Trinajstić information content (AvgIpc) is 3.25. The molecule has 1 amide bonds. The summed E-state index contributed by atoms with van der Waals surface area (Å²) in [5.74, 6) is -0.307. The molecule has 39 heavy (non-hydrogen) atoms. The first-order valence-electron chi connectivity index (χ1n) is 13.1. The predicted molar refractivity (Wildman–Crippen MR) is 148 cm³/mol. The Hall–Kier alpha value is -3.14. The molecule has 0 radical (unpaired) electrons. The first kappa shape index (κ1) is 27.4. The molecule has 1 fully saturated rings. The molecule has 0 aromatic heterocycles. The zero-order valence-electron chi connectivity index (χ0n) is 21.8. The highest BCUT2D eigenvalue weighted by Gasteiger charge is 2.42. The number of piperidine rings is 1. The van der Waals surface area contributed by atoms with Gasteiger partial charge in [0.05, 0.1) is 23.9 Å². The lowest BCUT2D eigenvalue weighted by Gasteiger charge is -2.39. The molecule has 1 unspecified atom stereocenters. The number of aliphatic hydroxyl groups excluding tert-OH is 2. The molecule has 1 spiro atoms. The second-order valence-corrected chi connectivity index (χ2v) is 10.7. The van der Waals surface area contributed by atoms with Crippen molar-refractivity contribution in [2.75, 3.05) is 31.6 Å². The first-order valence-corrected chi connectivity index (χ1v) is 13.5. The number of hydrogen-bond acceptors (Lipinski definition) is 7. The number of aliphatic hydroxyl groups is 2. The molecule has 1 saturated heterocycles. The van der Waals surface area contributed by atoms with Crippen molar-refractivity contribution >= 4 is 23.2 Å². The van der Waals surface area contributed by atoms with Crippen molar-refractivity contribution in [1.82, 2.24) is 4.90 Å². The molecular formula is C30H33ClN2O6. The van der Waals surface area contributed by atoms with Gasteiger partial charge in [-0.05, 0) is 72.9 Å². The van der Waals surface area contributed by atoms with Gasteiger partial charge >= 0.3 is 0 Å². The van der Waals surface area contributed by atoms with Gasteiger partial charge in [0.2, 0.25) is 0 Å². The van der Waals surface area contributed by atoms with Crippen LogP contribution in [0.15, 0.2) is 60.7 Å². The molecule has 206 valence electrons. The Morgan fingerprint density at radius 1 is 1.13 bits per heavy atom. The number of halogens is 1. The highest BCUT2D eigenvalue weighted by atomic mass is 35.5. The number of ether oxygens (including phenoxy) is 2. The van der Waals surface area contributed by atoms with E-state index in [1.165, 1.54) is 23.8 Å². The second kappa shape index (κ2) is 11.5. The minimum atomic E-state index is -0.796. The van der Waals surface area contributed by atoms with Crippen molar-refractivity contribution in [3.05, 3.63) is 87.9 Å². The maximum Gasteiger partial charge on any atom is 0.259 e. The lowest BCUT2D eigenvalue weighted by molar-refractivity contribution is -0.0835. The predicted octanol–water partition coefficient (Wildman–Crippen LogP) is 4.61. The first-order chi connectivity index (χ1) is 18.7. The fraction of sp³-hybridized carbons (Fsp3) is 0.367. The summed E-state index contributed by atoms with van der Waals surface area (Å²) in [7, 11) is 0. The van der Waals surface area contributed by atoms with Crippen LogP contribution in [0.2, 0.25) is 5.02 Å². The van der Waals surface area contributed by atoms with Gasteiger partial charge in [-0.1, -0.05) is 29.8 Å². The number of aromatic hydroxyl groups is 1. The van der Waals surface area contributed by atoms with E-state index in [0.717, 1.165) is 31.5 Å². The summed E-state index contributed by atoms with van der Waals surface area (Å²) in [6, 6.07) is 17.1. The number of anilines is 1. The molecule has 3 aromatic rings. The van der Waals surface area contributed by atoms with Gasteiger partial charge in [-0.3, -0.25) is 4.79 Å². The number of likely N-dealkylation sites (tertiary alicyclic amines) is 1. The number of benzene rings is 3. The van der Waals surface area contributed by atoms with Crippen LogP contribution < -0.4 is 10.1 Å². The van der Waals surface area contributed by atoms with Crippen LogP contribution in [-0.4, -0.2) is 58.5 Å². The topological polar surface area (TPSA) is 111 Å². The van der Waals surface area contributed by atoms with Gasteiger partial charge in [-0.25, -0.2) is 0 Å².